The Balaban J connectivity index is 2.14. The van der Waals surface area contributed by atoms with Crippen LogP contribution in [0, 0.1) is 6.92 Å². The van der Waals surface area contributed by atoms with Crippen molar-refractivity contribution in [2.75, 3.05) is 19.5 Å². The van der Waals surface area contributed by atoms with Crippen LogP contribution >= 0.6 is 0 Å². The quantitative estimate of drug-likeness (QED) is 0.791. The van der Waals surface area contributed by atoms with E-state index in [9.17, 15) is 9.59 Å². The maximum atomic E-state index is 12.1. The number of nitrogens with two attached hydrogens (primary N) is 1. The number of ether oxygens (including phenoxy) is 2. The Hall–Kier alpha value is -3.28. The zero-order valence-corrected chi connectivity index (χ0v) is 14.3. The summed E-state index contributed by atoms with van der Waals surface area (Å²) in [4.78, 5) is 23.5. The van der Waals surface area contributed by atoms with Crippen LogP contribution in [0.2, 0.25) is 0 Å². The lowest BCUT2D eigenvalue weighted by atomic mass is 10.1. The van der Waals surface area contributed by atoms with Crippen LogP contribution < -0.4 is 20.5 Å². The number of methoxy groups -OCH3 is 2. The van der Waals surface area contributed by atoms with Crippen molar-refractivity contribution >= 4 is 23.6 Å². The second-order valence-electron chi connectivity index (χ2n) is 5.28. The van der Waals surface area contributed by atoms with Gasteiger partial charge in [0.2, 0.25) is 11.8 Å². The Morgan fingerprint density at radius 2 is 1.80 bits per heavy atom. The van der Waals surface area contributed by atoms with Gasteiger partial charge in [0, 0.05) is 17.3 Å². The fourth-order valence-electron chi connectivity index (χ4n) is 2.34. The molecule has 6 nitrogen and oxygen atoms in total. The van der Waals surface area contributed by atoms with Crippen LogP contribution in [0.5, 0.6) is 11.5 Å². The van der Waals surface area contributed by atoms with Gasteiger partial charge in [-0.05, 0) is 48.4 Å². The van der Waals surface area contributed by atoms with Gasteiger partial charge in [-0.2, -0.15) is 0 Å². The van der Waals surface area contributed by atoms with Crippen molar-refractivity contribution in [1.29, 1.82) is 0 Å². The van der Waals surface area contributed by atoms with Gasteiger partial charge < -0.3 is 20.5 Å². The topological polar surface area (TPSA) is 90.6 Å². The van der Waals surface area contributed by atoms with E-state index in [0.717, 1.165) is 5.56 Å². The number of primary amides is 1. The summed E-state index contributed by atoms with van der Waals surface area (Å²) < 4.78 is 10.4. The molecular weight excluding hydrogens is 320 g/mol. The summed E-state index contributed by atoms with van der Waals surface area (Å²) in [6, 6.07) is 10.3. The number of anilines is 1. The molecule has 0 fully saturated rings. The van der Waals surface area contributed by atoms with E-state index in [1.165, 1.54) is 6.08 Å². The largest absolute Gasteiger partial charge is 0.493 e. The first-order valence-corrected chi connectivity index (χ1v) is 7.56. The third-order valence-electron chi connectivity index (χ3n) is 3.69. The molecule has 0 aromatic heterocycles. The summed E-state index contributed by atoms with van der Waals surface area (Å²) in [6.45, 7) is 1.73. The highest BCUT2D eigenvalue weighted by Gasteiger charge is 2.09. The Kier molecular flexibility index (Phi) is 5.79. The van der Waals surface area contributed by atoms with E-state index in [1.807, 2.05) is 6.07 Å². The molecule has 0 radical (unpaired) electrons. The zero-order chi connectivity index (χ0) is 18.4. The number of hydrogen-bond acceptors (Lipinski definition) is 4. The number of rotatable bonds is 6. The van der Waals surface area contributed by atoms with E-state index < -0.39 is 5.91 Å². The number of amides is 2. The molecule has 6 heteroatoms. The van der Waals surface area contributed by atoms with Gasteiger partial charge in [-0.1, -0.05) is 12.1 Å². The normalized spacial score (nSPS) is 10.5. The highest BCUT2D eigenvalue weighted by atomic mass is 16.5. The average Bonchev–Trinajstić information content (AvgIpc) is 2.61. The maximum absolute atomic E-state index is 12.1. The van der Waals surface area contributed by atoms with Crippen LogP contribution in [0.25, 0.3) is 6.08 Å². The number of carbonyl (C=O) groups is 2. The van der Waals surface area contributed by atoms with Crippen molar-refractivity contribution in [1.82, 2.24) is 0 Å². The summed E-state index contributed by atoms with van der Waals surface area (Å²) in [5, 5.41) is 2.74. The van der Waals surface area contributed by atoms with E-state index >= 15 is 0 Å². The Labute approximate surface area is 146 Å². The Morgan fingerprint density at radius 3 is 2.44 bits per heavy atom. The molecule has 2 aromatic rings. The second-order valence-corrected chi connectivity index (χ2v) is 5.28. The second kappa shape index (κ2) is 8.01. The minimum Gasteiger partial charge on any atom is -0.493 e. The molecule has 0 unspecified atom stereocenters. The Morgan fingerprint density at radius 1 is 1.08 bits per heavy atom. The molecule has 0 saturated heterocycles. The van der Waals surface area contributed by atoms with Crippen LogP contribution in [-0.4, -0.2) is 26.0 Å². The molecule has 0 aliphatic heterocycles. The van der Waals surface area contributed by atoms with E-state index in [0.29, 0.717) is 28.3 Å². The summed E-state index contributed by atoms with van der Waals surface area (Å²) in [5.41, 5.74) is 7.64. The van der Waals surface area contributed by atoms with Gasteiger partial charge in [-0.25, -0.2) is 0 Å². The summed E-state index contributed by atoms with van der Waals surface area (Å²) in [6.07, 6.45) is 3.06. The van der Waals surface area contributed by atoms with Crippen LogP contribution in [0.4, 0.5) is 5.69 Å². The fraction of sp³-hybridized carbons (Fsp3) is 0.158. The SMILES string of the molecule is COc1ccc(/C=C/C(=O)Nc2cccc(C(N)=O)c2C)cc1OC. The van der Waals surface area contributed by atoms with Gasteiger partial charge in [0.05, 0.1) is 14.2 Å². The van der Waals surface area contributed by atoms with Crippen molar-refractivity contribution in [3.63, 3.8) is 0 Å². The molecule has 130 valence electrons. The van der Waals surface area contributed by atoms with Crippen LogP contribution in [0.15, 0.2) is 42.5 Å². The number of benzene rings is 2. The zero-order valence-electron chi connectivity index (χ0n) is 14.3. The van der Waals surface area contributed by atoms with Crippen molar-refractivity contribution in [2.24, 2.45) is 5.73 Å². The summed E-state index contributed by atoms with van der Waals surface area (Å²) in [7, 11) is 3.11. The standard InChI is InChI=1S/C19H20N2O4/c1-12-14(19(20)23)5-4-6-15(12)21-18(22)10-8-13-7-9-16(24-2)17(11-13)25-3/h4-11H,1-3H3,(H2,20,23)(H,21,22)/b10-8+. The lowest BCUT2D eigenvalue weighted by Crippen LogP contribution is -2.15. The molecular formula is C19H20N2O4. The third kappa shape index (κ3) is 4.38. The predicted octanol–water partition coefficient (Wildman–Crippen LogP) is 2.76. The fourth-order valence-corrected chi connectivity index (χ4v) is 2.34. The third-order valence-corrected chi connectivity index (χ3v) is 3.69. The Bertz CT molecular complexity index is 828. The predicted molar refractivity (Wildman–Crippen MR) is 96.9 cm³/mol. The first-order valence-electron chi connectivity index (χ1n) is 7.56. The molecule has 2 aromatic carbocycles. The lowest BCUT2D eigenvalue weighted by molar-refractivity contribution is -0.111. The smallest absolute Gasteiger partial charge is 0.249 e. The van der Waals surface area contributed by atoms with E-state index in [2.05, 4.69) is 5.32 Å². The van der Waals surface area contributed by atoms with Crippen molar-refractivity contribution in [3.05, 3.63) is 59.2 Å². The van der Waals surface area contributed by atoms with E-state index in [-0.39, 0.29) is 5.91 Å². The summed E-state index contributed by atoms with van der Waals surface area (Å²) in [5.74, 6) is 0.340. The minimum atomic E-state index is -0.533. The molecule has 0 saturated carbocycles. The van der Waals surface area contributed by atoms with Crippen molar-refractivity contribution in [2.45, 2.75) is 6.92 Å². The molecule has 3 N–H and O–H groups in total. The van der Waals surface area contributed by atoms with Crippen LogP contribution in [0.1, 0.15) is 21.5 Å². The number of carbonyl (C=O) groups excluding carboxylic acids is 2. The van der Waals surface area contributed by atoms with Crippen LogP contribution in [0.3, 0.4) is 0 Å². The molecule has 2 rings (SSSR count). The lowest BCUT2D eigenvalue weighted by Gasteiger charge is -2.09. The molecule has 0 bridgehead atoms. The molecule has 2 amide bonds. The minimum absolute atomic E-state index is 0.320. The molecule has 0 atom stereocenters. The molecule has 0 spiro atoms. The average molecular weight is 340 g/mol. The molecule has 0 aliphatic rings. The molecule has 0 aliphatic carbocycles. The van der Waals surface area contributed by atoms with Gasteiger partial charge in [-0.3, -0.25) is 9.59 Å². The number of hydrogen-bond donors (Lipinski definition) is 2. The van der Waals surface area contributed by atoms with Crippen molar-refractivity contribution < 1.29 is 19.1 Å². The number of nitrogens with one attached hydrogen (secondary N) is 1. The molecule has 25 heavy (non-hydrogen) atoms. The molecule has 0 heterocycles. The van der Waals surface area contributed by atoms with Gasteiger partial charge in [0.25, 0.3) is 0 Å². The van der Waals surface area contributed by atoms with Crippen LogP contribution in [-0.2, 0) is 4.79 Å². The van der Waals surface area contributed by atoms with Gasteiger partial charge >= 0.3 is 0 Å². The summed E-state index contributed by atoms with van der Waals surface area (Å²) >= 11 is 0. The van der Waals surface area contributed by atoms with Gasteiger partial charge in [-0.15, -0.1) is 0 Å². The highest BCUT2D eigenvalue weighted by Crippen LogP contribution is 2.28. The van der Waals surface area contributed by atoms with Gasteiger partial charge in [0.15, 0.2) is 11.5 Å². The first-order chi connectivity index (χ1) is 12.0. The highest BCUT2D eigenvalue weighted by molar-refractivity contribution is 6.04. The maximum Gasteiger partial charge on any atom is 0.249 e. The monoisotopic (exact) mass is 340 g/mol. The van der Waals surface area contributed by atoms with Crippen molar-refractivity contribution in [3.8, 4) is 11.5 Å². The van der Waals surface area contributed by atoms with Gasteiger partial charge in [0.1, 0.15) is 0 Å². The van der Waals surface area contributed by atoms with E-state index in [1.54, 1.807) is 57.6 Å². The first kappa shape index (κ1) is 18.1. The van der Waals surface area contributed by atoms with E-state index in [4.69, 9.17) is 15.2 Å².